The van der Waals surface area contributed by atoms with Crippen LogP contribution in [0.1, 0.15) is 43.0 Å². The van der Waals surface area contributed by atoms with Gasteiger partial charge < -0.3 is 5.32 Å². The lowest BCUT2D eigenvalue weighted by Gasteiger charge is -2.15. The molecule has 0 aliphatic rings. The van der Waals surface area contributed by atoms with Gasteiger partial charge in [-0.25, -0.2) is 0 Å². The van der Waals surface area contributed by atoms with Gasteiger partial charge in [-0.3, -0.25) is 4.79 Å². The summed E-state index contributed by atoms with van der Waals surface area (Å²) < 4.78 is 0. The van der Waals surface area contributed by atoms with E-state index in [1.807, 2.05) is 19.1 Å². The molecule has 128 valence electrons. The fraction of sp³-hybridized carbons (Fsp3) is 0.261. The number of amides is 1. The second kappa shape index (κ2) is 7.98. The first-order chi connectivity index (χ1) is 12.2. The lowest BCUT2D eigenvalue weighted by atomic mass is 10.0. The largest absolute Gasteiger partial charge is 0.350 e. The van der Waals surface area contributed by atoms with E-state index in [1.54, 1.807) is 0 Å². The molecule has 25 heavy (non-hydrogen) atoms. The van der Waals surface area contributed by atoms with Crippen LogP contribution >= 0.6 is 0 Å². The third-order valence-corrected chi connectivity index (χ3v) is 4.77. The molecule has 0 saturated heterocycles. The molecule has 0 heterocycles. The van der Waals surface area contributed by atoms with Gasteiger partial charge in [0.15, 0.2) is 0 Å². The van der Waals surface area contributed by atoms with Crippen LogP contribution in [0.4, 0.5) is 0 Å². The Morgan fingerprint density at radius 2 is 1.68 bits per heavy atom. The summed E-state index contributed by atoms with van der Waals surface area (Å²) in [4.78, 5) is 12.3. The number of nitrogens with one attached hydrogen (secondary N) is 1. The molecule has 0 saturated carbocycles. The molecule has 0 radical (unpaired) electrons. The molecule has 0 aromatic heterocycles. The van der Waals surface area contributed by atoms with E-state index in [0.29, 0.717) is 6.42 Å². The molecule has 1 amide bonds. The van der Waals surface area contributed by atoms with Crippen LogP contribution in [0.2, 0.25) is 0 Å². The fourth-order valence-corrected chi connectivity index (χ4v) is 3.20. The Labute approximate surface area is 149 Å². The van der Waals surface area contributed by atoms with Crippen LogP contribution in [0, 0.1) is 0 Å². The third-order valence-electron chi connectivity index (χ3n) is 4.77. The van der Waals surface area contributed by atoms with Crippen LogP contribution in [0.5, 0.6) is 0 Å². The molecule has 0 aliphatic heterocycles. The number of carbonyl (C=O) groups is 1. The molecule has 0 spiro atoms. The van der Waals surface area contributed by atoms with Crippen LogP contribution in [0.25, 0.3) is 10.8 Å². The van der Waals surface area contributed by atoms with Gasteiger partial charge in [-0.2, -0.15) is 0 Å². The average Bonchev–Trinajstić information content (AvgIpc) is 2.66. The maximum atomic E-state index is 12.3. The summed E-state index contributed by atoms with van der Waals surface area (Å²) in [5.74, 6) is 0.0972. The van der Waals surface area contributed by atoms with E-state index in [0.717, 1.165) is 18.4 Å². The molecule has 3 aromatic carbocycles. The lowest BCUT2D eigenvalue weighted by Crippen LogP contribution is -2.26. The first kappa shape index (κ1) is 17.2. The van der Waals surface area contributed by atoms with E-state index < -0.39 is 0 Å². The van der Waals surface area contributed by atoms with Crippen molar-refractivity contribution in [2.75, 3.05) is 0 Å². The highest BCUT2D eigenvalue weighted by Gasteiger charge is 2.10. The minimum Gasteiger partial charge on any atom is -0.350 e. The molecule has 0 aliphatic carbocycles. The van der Waals surface area contributed by atoms with Crippen molar-refractivity contribution in [3.05, 3.63) is 83.4 Å². The summed E-state index contributed by atoms with van der Waals surface area (Å²) in [7, 11) is 0. The highest BCUT2D eigenvalue weighted by atomic mass is 16.1. The van der Waals surface area contributed by atoms with Crippen molar-refractivity contribution in [1.82, 2.24) is 5.32 Å². The van der Waals surface area contributed by atoms with Crippen molar-refractivity contribution in [3.63, 3.8) is 0 Å². The van der Waals surface area contributed by atoms with Crippen LogP contribution in [-0.4, -0.2) is 5.91 Å². The Bertz CT molecular complexity index is 846. The van der Waals surface area contributed by atoms with Crippen molar-refractivity contribution in [3.8, 4) is 0 Å². The Morgan fingerprint density at radius 1 is 0.960 bits per heavy atom. The smallest absolute Gasteiger partial charge is 0.220 e. The molecule has 3 rings (SSSR count). The second-order valence-corrected chi connectivity index (χ2v) is 6.52. The lowest BCUT2D eigenvalue weighted by molar-refractivity contribution is -0.121. The summed E-state index contributed by atoms with van der Waals surface area (Å²) >= 11 is 0. The zero-order valence-electron chi connectivity index (χ0n) is 15.0. The van der Waals surface area contributed by atoms with Crippen molar-refractivity contribution >= 4 is 16.7 Å². The molecule has 2 heteroatoms. The summed E-state index contributed by atoms with van der Waals surface area (Å²) in [5.41, 5.74) is 3.70. The van der Waals surface area contributed by atoms with Gasteiger partial charge in [0.25, 0.3) is 0 Å². The Hall–Kier alpha value is -2.61. The van der Waals surface area contributed by atoms with E-state index in [1.165, 1.54) is 21.9 Å². The Kier molecular flexibility index (Phi) is 5.49. The van der Waals surface area contributed by atoms with Crippen molar-refractivity contribution in [2.24, 2.45) is 0 Å². The van der Waals surface area contributed by atoms with E-state index in [2.05, 4.69) is 66.8 Å². The van der Waals surface area contributed by atoms with Crippen LogP contribution in [0.15, 0.2) is 66.7 Å². The molecule has 1 N–H and O–H groups in total. The van der Waals surface area contributed by atoms with Crippen LogP contribution in [-0.2, 0) is 17.6 Å². The Balaban J connectivity index is 1.60. The maximum absolute atomic E-state index is 12.3. The molecule has 3 aromatic rings. The van der Waals surface area contributed by atoms with Gasteiger partial charge in [-0.05, 0) is 47.2 Å². The van der Waals surface area contributed by atoms with Crippen LogP contribution in [0.3, 0.4) is 0 Å². The molecule has 0 fully saturated rings. The highest BCUT2D eigenvalue weighted by molar-refractivity contribution is 5.86. The summed E-state index contributed by atoms with van der Waals surface area (Å²) in [6, 6.07) is 23.1. The van der Waals surface area contributed by atoms with Crippen LogP contribution < -0.4 is 5.32 Å². The SMILES string of the molecule is CCc1ccc(C(C)NC(=O)CCc2cccc3ccccc23)cc1. The summed E-state index contributed by atoms with van der Waals surface area (Å²) in [6.07, 6.45) is 2.30. The van der Waals surface area contributed by atoms with E-state index in [4.69, 9.17) is 0 Å². The first-order valence-electron chi connectivity index (χ1n) is 9.02. The molecule has 0 bridgehead atoms. The fourth-order valence-electron chi connectivity index (χ4n) is 3.20. The number of carbonyl (C=O) groups excluding carboxylic acids is 1. The second-order valence-electron chi connectivity index (χ2n) is 6.52. The van der Waals surface area contributed by atoms with Gasteiger partial charge in [0, 0.05) is 6.42 Å². The van der Waals surface area contributed by atoms with E-state index in [9.17, 15) is 4.79 Å². The van der Waals surface area contributed by atoms with Crippen molar-refractivity contribution < 1.29 is 4.79 Å². The zero-order chi connectivity index (χ0) is 17.6. The zero-order valence-corrected chi connectivity index (χ0v) is 15.0. The minimum atomic E-state index is 0.0333. The molecule has 1 unspecified atom stereocenters. The quantitative estimate of drug-likeness (QED) is 0.660. The third kappa shape index (κ3) is 4.27. The number of benzene rings is 3. The summed E-state index contributed by atoms with van der Waals surface area (Å²) in [6.45, 7) is 4.18. The molecular formula is C23H25NO. The van der Waals surface area contributed by atoms with Gasteiger partial charge in [-0.1, -0.05) is 73.7 Å². The van der Waals surface area contributed by atoms with Gasteiger partial charge in [0.2, 0.25) is 5.91 Å². The number of rotatable bonds is 6. The standard InChI is InChI=1S/C23H25NO/c1-3-18-11-13-19(14-12-18)17(2)24-23(25)16-15-21-9-6-8-20-7-4-5-10-22(20)21/h4-14,17H,3,15-16H2,1-2H3,(H,24,25). The molecule has 2 nitrogen and oxygen atoms in total. The summed E-state index contributed by atoms with van der Waals surface area (Å²) in [5, 5.41) is 5.58. The van der Waals surface area contributed by atoms with E-state index >= 15 is 0 Å². The predicted octanol–water partition coefficient (Wildman–Crippen LogP) is 5.21. The molecule has 1 atom stereocenters. The number of hydrogen-bond donors (Lipinski definition) is 1. The minimum absolute atomic E-state index is 0.0333. The van der Waals surface area contributed by atoms with Gasteiger partial charge in [-0.15, -0.1) is 0 Å². The van der Waals surface area contributed by atoms with Gasteiger partial charge in [0.05, 0.1) is 6.04 Å². The van der Waals surface area contributed by atoms with Gasteiger partial charge in [0.1, 0.15) is 0 Å². The van der Waals surface area contributed by atoms with E-state index in [-0.39, 0.29) is 11.9 Å². The Morgan fingerprint density at radius 3 is 2.44 bits per heavy atom. The first-order valence-corrected chi connectivity index (χ1v) is 9.02. The maximum Gasteiger partial charge on any atom is 0.220 e. The average molecular weight is 331 g/mol. The van der Waals surface area contributed by atoms with Crippen molar-refractivity contribution in [2.45, 2.75) is 39.2 Å². The number of fused-ring (bicyclic) bond motifs is 1. The normalized spacial score (nSPS) is 12.1. The topological polar surface area (TPSA) is 29.1 Å². The number of aryl methyl sites for hydroxylation is 2. The predicted molar refractivity (Wildman–Crippen MR) is 105 cm³/mol. The van der Waals surface area contributed by atoms with Crippen molar-refractivity contribution in [1.29, 1.82) is 0 Å². The highest BCUT2D eigenvalue weighted by Crippen LogP contribution is 2.20. The van der Waals surface area contributed by atoms with Gasteiger partial charge >= 0.3 is 0 Å². The molecular weight excluding hydrogens is 306 g/mol. The number of hydrogen-bond acceptors (Lipinski definition) is 1. The monoisotopic (exact) mass is 331 g/mol.